The molecule has 38 heavy (non-hydrogen) atoms. The highest BCUT2D eigenvalue weighted by Crippen LogP contribution is 2.28. The van der Waals surface area contributed by atoms with E-state index in [0.29, 0.717) is 21.8 Å². The van der Waals surface area contributed by atoms with E-state index in [1.165, 1.54) is 42.7 Å². The molecule has 0 radical (unpaired) electrons. The van der Waals surface area contributed by atoms with Gasteiger partial charge in [0.05, 0.1) is 12.0 Å². The Labute approximate surface area is 222 Å². The first-order chi connectivity index (χ1) is 18.3. The molecule has 0 saturated carbocycles. The number of phenols is 1. The molecule has 194 valence electrons. The first kappa shape index (κ1) is 26.4. The molecule has 3 aromatic carbocycles. The van der Waals surface area contributed by atoms with Crippen LogP contribution in [-0.2, 0) is 11.2 Å². The minimum atomic E-state index is -1.04. The maximum atomic E-state index is 13.3. The molecule has 3 amide bonds. The Morgan fingerprint density at radius 3 is 2.21 bits per heavy atom. The molecule has 4 rings (SSSR count). The second-order valence-corrected chi connectivity index (χ2v) is 9.32. The second-order valence-electron chi connectivity index (χ2n) is 8.24. The number of ether oxygens (including phenoxy) is 1. The summed E-state index contributed by atoms with van der Waals surface area (Å²) in [6.45, 7) is 0. The summed E-state index contributed by atoms with van der Waals surface area (Å²) in [6.07, 6.45) is 0.104. The van der Waals surface area contributed by atoms with Crippen LogP contribution in [0.2, 0.25) is 0 Å². The van der Waals surface area contributed by atoms with Crippen molar-refractivity contribution in [1.82, 2.24) is 16.2 Å². The van der Waals surface area contributed by atoms with Gasteiger partial charge in [-0.3, -0.25) is 25.2 Å². The smallest absolute Gasteiger partial charge is 0.269 e. The first-order valence-electron chi connectivity index (χ1n) is 11.5. The van der Waals surface area contributed by atoms with Gasteiger partial charge in [0, 0.05) is 16.9 Å². The van der Waals surface area contributed by atoms with Gasteiger partial charge in [0.2, 0.25) is 0 Å². The van der Waals surface area contributed by atoms with Crippen molar-refractivity contribution in [3.63, 3.8) is 0 Å². The molecule has 0 aliphatic carbocycles. The second kappa shape index (κ2) is 12.0. The van der Waals surface area contributed by atoms with Gasteiger partial charge in [-0.2, -0.15) is 0 Å². The lowest BCUT2D eigenvalue weighted by Crippen LogP contribution is -2.53. The number of methoxy groups -OCH3 is 1. The largest absolute Gasteiger partial charge is 0.508 e. The highest BCUT2D eigenvalue weighted by atomic mass is 32.1. The topological polar surface area (TPSA) is 117 Å². The van der Waals surface area contributed by atoms with E-state index >= 15 is 0 Å². The zero-order valence-corrected chi connectivity index (χ0v) is 21.1. The number of hydrazine groups is 1. The Hall–Kier alpha value is -4.70. The third-order valence-corrected chi connectivity index (χ3v) is 6.74. The van der Waals surface area contributed by atoms with Gasteiger partial charge >= 0.3 is 0 Å². The molecule has 0 aliphatic rings. The molecule has 1 heterocycles. The van der Waals surface area contributed by atoms with E-state index in [4.69, 9.17) is 4.74 Å². The maximum absolute atomic E-state index is 13.3. The Morgan fingerprint density at radius 2 is 1.55 bits per heavy atom. The van der Waals surface area contributed by atoms with E-state index in [-0.39, 0.29) is 18.0 Å². The summed E-state index contributed by atoms with van der Waals surface area (Å²) in [7, 11) is 1.51. The molecule has 0 aliphatic heterocycles. The third kappa shape index (κ3) is 6.74. The van der Waals surface area contributed by atoms with Crippen LogP contribution in [0.5, 0.6) is 11.5 Å². The number of carbonyl (C=O) groups excluding carboxylic acids is 3. The van der Waals surface area contributed by atoms with Gasteiger partial charge in [-0.05, 0) is 71.8 Å². The predicted molar refractivity (Wildman–Crippen MR) is 141 cm³/mol. The normalized spacial score (nSPS) is 11.3. The minimum absolute atomic E-state index is 0.0671. The predicted octanol–water partition coefficient (Wildman–Crippen LogP) is 4.07. The van der Waals surface area contributed by atoms with Crippen molar-refractivity contribution >= 4 is 29.1 Å². The number of rotatable bonds is 8. The molecular weight excluding hydrogens is 509 g/mol. The van der Waals surface area contributed by atoms with Crippen LogP contribution in [0.1, 0.15) is 25.6 Å². The fraction of sp³-hybridized carbons (Fsp3) is 0.107. The summed E-state index contributed by atoms with van der Waals surface area (Å²) in [5, 5.41) is 12.3. The molecule has 0 fully saturated rings. The lowest BCUT2D eigenvalue weighted by molar-refractivity contribution is -0.123. The van der Waals surface area contributed by atoms with E-state index in [9.17, 15) is 23.9 Å². The molecule has 1 atom stereocenters. The number of hydrogen-bond acceptors (Lipinski definition) is 6. The fourth-order valence-electron chi connectivity index (χ4n) is 3.56. The van der Waals surface area contributed by atoms with Gasteiger partial charge in [-0.15, -0.1) is 11.3 Å². The molecule has 8 nitrogen and oxygen atoms in total. The molecule has 0 spiro atoms. The molecule has 1 aromatic heterocycles. The van der Waals surface area contributed by atoms with Gasteiger partial charge < -0.3 is 15.2 Å². The quantitative estimate of drug-likeness (QED) is 0.255. The van der Waals surface area contributed by atoms with E-state index in [0.717, 1.165) is 10.4 Å². The SMILES string of the molecule is COc1ccc(C(=O)NNC(=O)[C@H](Cc2ccc(O)cc2)NC(=O)c2ccc(-c3ccc(F)cc3)s2)cc1. The Bertz CT molecular complexity index is 1420. The van der Waals surface area contributed by atoms with Gasteiger partial charge in [0.25, 0.3) is 17.7 Å². The van der Waals surface area contributed by atoms with Crippen LogP contribution >= 0.6 is 11.3 Å². The van der Waals surface area contributed by atoms with Gasteiger partial charge in [0.1, 0.15) is 23.4 Å². The van der Waals surface area contributed by atoms with Crippen molar-refractivity contribution in [3.8, 4) is 21.9 Å². The molecular formula is C28H24FN3O5S. The van der Waals surface area contributed by atoms with E-state index in [1.54, 1.807) is 60.7 Å². The number of carbonyl (C=O) groups is 3. The lowest BCUT2D eigenvalue weighted by Gasteiger charge is -2.19. The van der Waals surface area contributed by atoms with Crippen molar-refractivity contribution in [1.29, 1.82) is 0 Å². The van der Waals surface area contributed by atoms with Crippen LogP contribution in [0.4, 0.5) is 4.39 Å². The van der Waals surface area contributed by atoms with Crippen LogP contribution < -0.4 is 20.9 Å². The summed E-state index contributed by atoms with van der Waals surface area (Å²) in [6, 6.07) is 20.8. The molecule has 4 aromatic rings. The van der Waals surface area contributed by atoms with Crippen molar-refractivity contribution in [2.75, 3.05) is 7.11 Å². The van der Waals surface area contributed by atoms with E-state index in [2.05, 4.69) is 16.2 Å². The highest BCUT2D eigenvalue weighted by molar-refractivity contribution is 7.17. The minimum Gasteiger partial charge on any atom is -0.508 e. The molecule has 0 unspecified atom stereocenters. The van der Waals surface area contributed by atoms with Crippen molar-refractivity contribution in [3.05, 3.63) is 107 Å². The average Bonchev–Trinajstić information content (AvgIpc) is 3.43. The summed E-state index contributed by atoms with van der Waals surface area (Å²) in [5.41, 5.74) is 6.47. The summed E-state index contributed by atoms with van der Waals surface area (Å²) >= 11 is 1.20. The molecule has 10 heteroatoms. The number of nitrogens with one attached hydrogen (secondary N) is 3. The fourth-order valence-corrected chi connectivity index (χ4v) is 4.47. The monoisotopic (exact) mass is 533 g/mol. The summed E-state index contributed by atoms with van der Waals surface area (Å²) in [5.74, 6) is -1.37. The number of amides is 3. The van der Waals surface area contributed by atoms with Crippen LogP contribution in [0.15, 0.2) is 84.9 Å². The average molecular weight is 534 g/mol. The number of thiophene rings is 1. The summed E-state index contributed by atoms with van der Waals surface area (Å²) in [4.78, 5) is 39.7. The number of aromatic hydroxyl groups is 1. The zero-order chi connectivity index (χ0) is 27.1. The molecule has 4 N–H and O–H groups in total. The Balaban J connectivity index is 1.46. The van der Waals surface area contributed by atoms with E-state index < -0.39 is 23.8 Å². The van der Waals surface area contributed by atoms with E-state index in [1.807, 2.05) is 0 Å². The van der Waals surface area contributed by atoms with Crippen molar-refractivity contribution < 1.29 is 28.6 Å². The van der Waals surface area contributed by atoms with Crippen molar-refractivity contribution in [2.45, 2.75) is 12.5 Å². The molecule has 0 saturated heterocycles. The lowest BCUT2D eigenvalue weighted by atomic mass is 10.0. The van der Waals surface area contributed by atoms with Crippen molar-refractivity contribution in [2.24, 2.45) is 0 Å². The zero-order valence-electron chi connectivity index (χ0n) is 20.2. The number of halogens is 1. The standard InChI is InChI=1S/C28H24FN3O5S/c1-37-22-12-6-19(7-13-22)26(34)31-32-27(35)23(16-17-2-10-21(33)11-3-17)30-28(36)25-15-14-24(38-25)18-4-8-20(29)9-5-18/h2-15,23,33H,16H2,1H3,(H,30,36)(H,31,34)(H,32,35)/t23-/m0/s1. The van der Waals surface area contributed by atoms with Gasteiger partial charge in [-0.1, -0.05) is 24.3 Å². The number of hydrogen-bond donors (Lipinski definition) is 4. The Morgan fingerprint density at radius 1 is 0.868 bits per heavy atom. The first-order valence-corrected chi connectivity index (χ1v) is 12.3. The Kier molecular flexibility index (Phi) is 8.34. The van der Waals surface area contributed by atoms with Crippen LogP contribution in [0.3, 0.4) is 0 Å². The van der Waals surface area contributed by atoms with Gasteiger partial charge in [0.15, 0.2) is 0 Å². The highest BCUT2D eigenvalue weighted by Gasteiger charge is 2.24. The van der Waals surface area contributed by atoms with Crippen LogP contribution in [0.25, 0.3) is 10.4 Å². The summed E-state index contributed by atoms with van der Waals surface area (Å²) < 4.78 is 18.3. The van der Waals surface area contributed by atoms with Crippen LogP contribution in [0, 0.1) is 5.82 Å². The maximum Gasteiger partial charge on any atom is 0.269 e. The van der Waals surface area contributed by atoms with Crippen LogP contribution in [-0.4, -0.2) is 36.0 Å². The molecule has 0 bridgehead atoms. The number of phenolic OH excluding ortho intramolecular Hbond substituents is 1. The van der Waals surface area contributed by atoms with Gasteiger partial charge in [-0.25, -0.2) is 4.39 Å². The third-order valence-electron chi connectivity index (χ3n) is 5.61. The number of benzene rings is 3.